The topological polar surface area (TPSA) is 73.2 Å². The molecule has 3 N–H and O–H groups in total. The van der Waals surface area contributed by atoms with Crippen LogP contribution in [0.5, 0.6) is 0 Å². The maximum absolute atomic E-state index is 13.1. The number of carbonyl (C=O) groups is 1. The van der Waals surface area contributed by atoms with Gasteiger partial charge >= 0.3 is 5.97 Å². The Labute approximate surface area is 109 Å². The van der Waals surface area contributed by atoms with Gasteiger partial charge in [-0.15, -0.1) is 0 Å². The van der Waals surface area contributed by atoms with E-state index in [0.29, 0.717) is 16.9 Å². The molecule has 0 bridgehead atoms. The van der Waals surface area contributed by atoms with E-state index < -0.39 is 5.97 Å². The van der Waals surface area contributed by atoms with Gasteiger partial charge < -0.3 is 15.8 Å². The second-order valence-electron chi connectivity index (χ2n) is 3.89. The summed E-state index contributed by atoms with van der Waals surface area (Å²) < 4.78 is 13.1. The molecule has 0 atom stereocenters. The van der Waals surface area contributed by atoms with Gasteiger partial charge in [0.15, 0.2) is 0 Å². The minimum atomic E-state index is -1.06. The van der Waals surface area contributed by atoms with Crippen molar-refractivity contribution in [2.75, 3.05) is 5.32 Å². The lowest BCUT2D eigenvalue weighted by Crippen LogP contribution is -2.01. The van der Waals surface area contributed by atoms with Gasteiger partial charge in [-0.1, -0.05) is 6.07 Å². The molecule has 0 radical (unpaired) electrons. The van der Waals surface area contributed by atoms with Gasteiger partial charge in [-0.2, -0.15) is 0 Å². The van der Waals surface area contributed by atoms with Crippen molar-refractivity contribution in [1.82, 2.24) is 0 Å². The van der Waals surface area contributed by atoms with Gasteiger partial charge in [-0.05, 0) is 36.4 Å². The Morgan fingerprint density at radius 1 is 1.26 bits per heavy atom. The zero-order chi connectivity index (χ0) is 13.8. The monoisotopic (exact) mass is 258 g/mol. The molecule has 4 nitrogen and oxygen atoms in total. The summed E-state index contributed by atoms with van der Waals surface area (Å²) in [6, 6.07) is 10.3. The van der Waals surface area contributed by atoms with E-state index in [2.05, 4.69) is 5.32 Å². The van der Waals surface area contributed by atoms with Crippen LogP contribution in [0.1, 0.15) is 15.9 Å². The molecule has 2 aromatic rings. The smallest absolute Gasteiger partial charge is 0.335 e. The molecule has 0 aromatic heterocycles. The molecule has 0 fully saturated rings. The predicted molar refractivity (Wildman–Crippen MR) is 71.0 cm³/mol. The van der Waals surface area contributed by atoms with E-state index in [1.54, 1.807) is 18.2 Å². The van der Waals surface area contributed by atoms with E-state index >= 15 is 0 Å². The molecule has 0 aliphatic rings. The fourth-order valence-corrected chi connectivity index (χ4v) is 1.65. The molecule has 0 unspecified atom stereocenters. The Morgan fingerprint density at radius 2 is 2.05 bits per heavy atom. The van der Waals surface area contributed by atoms with Crippen molar-refractivity contribution in [2.45, 2.75) is 0 Å². The summed E-state index contributed by atoms with van der Waals surface area (Å²) in [5.74, 6) is -1.43. The van der Waals surface area contributed by atoms with Crippen molar-refractivity contribution in [2.24, 2.45) is 0 Å². The molecule has 5 heteroatoms. The number of halogens is 1. The van der Waals surface area contributed by atoms with Gasteiger partial charge in [0.05, 0.1) is 5.56 Å². The minimum Gasteiger partial charge on any atom is -0.478 e. The molecule has 0 heterocycles. The van der Waals surface area contributed by atoms with E-state index in [9.17, 15) is 9.18 Å². The molecule has 0 aliphatic heterocycles. The standard InChI is InChI=1S/C14H11FN2O2/c15-11-2-1-3-12(7-11)17-13-5-4-9(14(18)19)6-10(13)8-16/h1-8,16-17H,(H,18,19). The first-order chi connectivity index (χ1) is 9.10. The molecule has 96 valence electrons. The Balaban J connectivity index is 2.35. The third kappa shape index (κ3) is 2.95. The molecule has 0 aliphatic carbocycles. The van der Waals surface area contributed by atoms with Gasteiger partial charge in [0, 0.05) is 23.2 Å². The molecule has 0 saturated carbocycles. The maximum Gasteiger partial charge on any atom is 0.335 e. The van der Waals surface area contributed by atoms with E-state index in [1.165, 1.54) is 24.3 Å². The number of carboxylic acids is 1. The Kier molecular flexibility index (Phi) is 3.56. The lowest BCUT2D eigenvalue weighted by atomic mass is 10.1. The minimum absolute atomic E-state index is 0.100. The summed E-state index contributed by atoms with van der Waals surface area (Å²) in [6.45, 7) is 0. The summed E-state index contributed by atoms with van der Waals surface area (Å²) in [6.07, 6.45) is 1.05. The number of hydrogen-bond acceptors (Lipinski definition) is 3. The fourth-order valence-electron chi connectivity index (χ4n) is 1.65. The number of aromatic carboxylic acids is 1. The van der Waals surface area contributed by atoms with E-state index in [4.69, 9.17) is 10.5 Å². The molecule has 2 rings (SSSR count). The molecule has 2 aromatic carbocycles. The van der Waals surface area contributed by atoms with E-state index in [1.807, 2.05) is 0 Å². The third-order valence-electron chi connectivity index (χ3n) is 2.56. The molecule has 0 spiro atoms. The average Bonchev–Trinajstić information content (AvgIpc) is 2.39. The van der Waals surface area contributed by atoms with Gasteiger partial charge in [-0.25, -0.2) is 9.18 Å². The SMILES string of the molecule is N=Cc1cc(C(=O)O)ccc1Nc1cccc(F)c1. The highest BCUT2D eigenvalue weighted by Gasteiger charge is 2.07. The highest BCUT2D eigenvalue weighted by Crippen LogP contribution is 2.21. The maximum atomic E-state index is 13.1. The number of carboxylic acid groups (broad SMARTS) is 1. The van der Waals surface area contributed by atoms with Crippen LogP contribution in [0.4, 0.5) is 15.8 Å². The molecular weight excluding hydrogens is 247 g/mol. The van der Waals surface area contributed by atoms with Crippen LogP contribution >= 0.6 is 0 Å². The van der Waals surface area contributed by atoms with Crippen LogP contribution in [0.25, 0.3) is 0 Å². The van der Waals surface area contributed by atoms with E-state index in [-0.39, 0.29) is 11.4 Å². The van der Waals surface area contributed by atoms with Gasteiger partial charge in [-0.3, -0.25) is 0 Å². The van der Waals surface area contributed by atoms with Crippen molar-refractivity contribution >= 4 is 23.6 Å². The van der Waals surface area contributed by atoms with Crippen molar-refractivity contribution in [3.05, 3.63) is 59.4 Å². The number of rotatable bonds is 4. The fraction of sp³-hybridized carbons (Fsp3) is 0. The Hall–Kier alpha value is -2.69. The zero-order valence-corrected chi connectivity index (χ0v) is 9.85. The van der Waals surface area contributed by atoms with Crippen LogP contribution in [-0.4, -0.2) is 17.3 Å². The summed E-state index contributed by atoms with van der Waals surface area (Å²) >= 11 is 0. The highest BCUT2D eigenvalue weighted by molar-refractivity contribution is 5.94. The van der Waals surface area contributed by atoms with Crippen LogP contribution in [0, 0.1) is 11.2 Å². The summed E-state index contributed by atoms with van der Waals surface area (Å²) in [7, 11) is 0. The zero-order valence-electron chi connectivity index (χ0n) is 9.85. The lowest BCUT2D eigenvalue weighted by Gasteiger charge is -2.10. The lowest BCUT2D eigenvalue weighted by molar-refractivity contribution is 0.0697. The first kappa shape index (κ1) is 12.8. The van der Waals surface area contributed by atoms with Gasteiger partial charge in [0.1, 0.15) is 5.82 Å². The number of nitrogens with one attached hydrogen (secondary N) is 2. The second-order valence-corrected chi connectivity index (χ2v) is 3.89. The van der Waals surface area contributed by atoms with Crippen molar-refractivity contribution in [3.8, 4) is 0 Å². The van der Waals surface area contributed by atoms with Crippen LogP contribution in [-0.2, 0) is 0 Å². The summed E-state index contributed by atoms with van der Waals surface area (Å²) in [5, 5.41) is 19.1. The number of benzene rings is 2. The normalized spacial score (nSPS) is 9.95. The van der Waals surface area contributed by atoms with Crippen LogP contribution < -0.4 is 5.32 Å². The summed E-state index contributed by atoms with van der Waals surface area (Å²) in [5.41, 5.74) is 1.60. The Bertz CT molecular complexity index is 641. The molecule has 19 heavy (non-hydrogen) atoms. The third-order valence-corrected chi connectivity index (χ3v) is 2.56. The first-order valence-electron chi connectivity index (χ1n) is 5.50. The van der Waals surface area contributed by atoms with Crippen molar-refractivity contribution < 1.29 is 14.3 Å². The number of anilines is 2. The van der Waals surface area contributed by atoms with Crippen molar-refractivity contribution in [1.29, 1.82) is 5.41 Å². The first-order valence-corrected chi connectivity index (χ1v) is 5.50. The van der Waals surface area contributed by atoms with Gasteiger partial charge in [0.2, 0.25) is 0 Å². The second kappa shape index (κ2) is 5.30. The summed E-state index contributed by atoms with van der Waals surface area (Å²) in [4.78, 5) is 10.8. The Morgan fingerprint density at radius 3 is 2.68 bits per heavy atom. The van der Waals surface area contributed by atoms with Gasteiger partial charge in [0.25, 0.3) is 0 Å². The highest BCUT2D eigenvalue weighted by atomic mass is 19.1. The van der Waals surface area contributed by atoms with E-state index in [0.717, 1.165) is 6.21 Å². The van der Waals surface area contributed by atoms with Crippen molar-refractivity contribution in [3.63, 3.8) is 0 Å². The van der Waals surface area contributed by atoms with Crippen LogP contribution in [0.3, 0.4) is 0 Å². The average molecular weight is 258 g/mol. The molecule has 0 amide bonds. The molecule has 0 saturated heterocycles. The largest absolute Gasteiger partial charge is 0.478 e. The van der Waals surface area contributed by atoms with Crippen LogP contribution in [0.15, 0.2) is 42.5 Å². The number of hydrogen-bond donors (Lipinski definition) is 3. The molecular formula is C14H11FN2O2. The quantitative estimate of drug-likeness (QED) is 0.737. The predicted octanol–water partition coefficient (Wildman–Crippen LogP) is 3.27. The van der Waals surface area contributed by atoms with Crippen LogP contribution in [0.2, 0.25) is 0 Å².